The average molecular weight is 507 g/mol. The van der Waals surface area contributed by atoms with Gasteiger partial charge < -0.3 is 35.0 Å². The Hall–Kier alpha value is -3.60. The van der Waals surface area contributed by atoms with E-state index in [1.165, 1.54) is 12.1 Å². The fourth-order valence-corrected chi connectivity index (χ4v) is 4.83. The minimum atomic E-state index is -1.72. The lowest BCUT2D eigenvalue weighted by molar-refractivity contribution is -0.277. The number of hydrogen-bond acceptors (Lipinski definition) is 9. The Labute approximate surface area is 212 Å². The fourth-order valence-electron chi connectivity index (χ4n) is 4.83. The average Bonchev–Trinajstić information content (AvgIpc) is 2.92. The van der Waals surface area contributed by atoms with Crippen LogP contribution < -0.4 is 4.74 Å². The second-order valence-electron chi connectivity index (χ2n) is 9.14. The minimum absolute atomic E-state index is 0.0817. The molecule has 9 nitrogen and oxygen atoms in total. The first kappa shape index (κ1) is 25.1. The van der Waals surface area contributed by atoms with E-state index in [1.54, 1.807) is 18.2 Å². The van der Waals surface area contributed by atoms with Gasteiger partial charge in [-0.3, -0.25) is 9.59 Å². The molecule has 1 aliphatic heterocycles. The Morgan fingerprint density at radius 3 is 2.05 bits per heavy atom. The molecule has 1 heterocycles. The van der Waals surface area contributed by atoms with Gasteiger partial charge in [0.05, 0.1) is 12.2 Å². The first-order chi connectivity index (χ1) is 17.8. The monoisotopic (exact) mass is 506 g/mol. The fraction of sp³-hybridized carbons (Fsp3) is 0.286. The number of phenols is 1. The molecular weight excluding hydrogens is 480 g/mol. The smallest absolute Gasteiger partial charge is 0.229 e. The van der Waals surface area contributed by atoms with Crippen LogP contribution in [-0.4, -0.2) is 74.4 Å². The molecule has 9 heteroatoms. The van der Waals surface area contributed by atoms with Gasteiger partial charge in [0.25, 0.3) is 0 Å². The van der Waals surface area contributed by atoms with E-state index in [0.717, 1.165) is 5.56 Å². The van der Waals surface area contributed by atoms with Crippen LogP contribution in [0.5, 0.6) is 11.5 Å². The number of benzene rings is 3. The maximum absolute atomic E-state index is 13.5. The normalized spacial score (nSPS) is 24.9. The molecule has 1 aliphatic carbocycles. The van der Waals surface area contributed by atoms with Crippen LogP contribution in [0.1, 0.15) is 43.0 Å². The second kappa shape index (κ2) is 10.0. The van der Waals surface area contributed by atoms with Gasteiger partial charge in [0, 0.05) is 16.7 Å². The number of aliphatic hydroxyl groups is 4. The zero-order chi connectivity index (χ0) is 26.3. The molecule has 0 radical (unpaired) electrons. The summed E-state index contributed by atoms with van der Waals surface area (Å²) in [5.74, 6) is -1.80. The van der Waals surface area contributed by atoms with Crippen molar-refractivity contribution in [2.75, 3.05) is 6.61 Å². The van der Waals surface area contributed by atoms with Crippen molar-refractivity contribution in [3.63, 3.8) is 0 Å². The van der Waals surface area contributed by atoms with Gasteiger partial charge in [0.15, 0.2) is 23.1 Å². The van der Waals surface area contributed by atoms with E-state index in [0.29, 0.717) is 18.4 Å². The number of phenolic OH excluding ortho intramolecular Hbond substituents is 1. The van der Waals surface area contributed by atoms with E-state index in [9.17, 15) is 35.1 Å². The zero-order valence-electron chi connectivity index (χ0n) is 19.7. The van der Waals surface area contributed by atoms with Crippen LogP contribution in [0.3, 0.4) is 0 Å². The maximum Gasteiger partial charge on any atom is 0.229 e. The number of aryl methyl sites for hydroxylation is 2. The molecule has 3 aromatic rings. The van der Waals surface area contributed by atoms with E-state index in [2.05, 4.69) is 0 Å². The Morgan fingerprint density at radius 1 is 0.784 bits per heavy atom. The van der Waals surface area contributed by atoms with Gasteiger partial charge in [0.1, 0.15) is 24.4 Å². The van der Waals surface area contributed by atoms with Gasteiger partial charge in [0.2, 0.25) is 6.29 Å². The molecule has 0 spiro atoms. The molecule has 0 aromatic heterocycles. The van der Waals surface area contributed by atoms with Crippen molar-refractivity contribution in [2.45, 2.75) is 43.5 Å². The first-order valence-corrected chi connectivity index (χ1v) is 11.9. The Morgan fingerprint density at radius 2 is 1.41 bits per heavy atom. The molecule has 1 fully saturated rings. The standard InChI is InChI=1S/C28H26O9/c29-13-19-25(33)26(34)27(35)28(37-19)36-18-12-15(11-10-14-6-2-1-3-7-14)20-21(24(18)32)23(31)17-9-5-4-8-16(17)22(20)30/h1-9,12,19,25-29,32-35H,10-11,13H2. The molecule has 5 rings (SSSR count). The molecule has 5 unspecified atom stereocenters. The van der Waals surface area contributed by atoms with E-state index in [-0.39, 0.29) is 28.0 Å². The summed E-state index contributed by atoms with van der Waals surface area (Å²) in [6.45, 7) is -0.660. The topological polar surface area (TPSA) is 154 Å². The zero-order valence-corrected chi connectivity index (χ0v) is 19.7. The molecule has 1 saturated heterocycles. The van der Waals surface area contributed by atoms with Crippen molar-refractivity contribution in [3.8, 4) is 11.5 Å². The number of hydrogen-bond donors (Lipinski definition) is 5. The summed E-state index contributed by atoms with van der Waals surface area (Å²) in [6, 6.07) is 17.3. The van der Waals surface area contributed by atoms with Gasteiger partial charge in [-0.2, -0.15) is 0 Å². The van der Waals surface area contributed by atoms with Crippen molar-refractivity contribution in [2.24, 2.45) is 0 Å². The number of fused-ring (bicyclic) bond motifs is 2. The minimum Gasteiger partial charge on any atom is -0.504 e. The molecule has 0 saturated carbocycles. The second-order valence-corrected chi connectivity index (χ2v) is 9.14. The molecule has 0 amide bonds. The Kier molecular flexibility index (Phi) is 6.80. The quantitative estimate of drug-likeness (QED) is 0.259. The van der Waals surface area contributed by atoms with Crippen molar-refractivity contribution >= 4 is 11.6 Å². The van der Waals surface area contributed by atoms with E-state index >= 15 is 0 Å². The number of rotatable bonds is 6. The van der Waals surface area contributed by atoms with Crippen LogP contribution in [-0.2, 0) is 17.6 Å². The first-order valence-electron chi connectivity index (χ1n) is 11.9. The highest BCUT2D eigenvalue weighted by Crippen LogP contribution is 2.42. The van der Waals surface area contributed by atoms with Gasteiger partial charge >= 0.3 is 0 Å². The van der Waals surface area contributed by atoms with Crippen LogP contribution in [0.4, 0.5) is 0 Å². The molecule has 5 N–H and O–H groups in total. The van der Waals surface area contributed by atoms with Crippen molar-refractivity contribution in [3.05, 3.63) is 94.0 Å². The SMILES string of the molecule is O=C1c2ccccc2C(=O)c2c(O)c(OC3OC(CO)C(O)C(O)C3O)cc(CCc3ccccc3)c21. The van der Waals surface area contributed by atoms with Gasteiger partial charge in [-0.15, -0.1) is 0 Å². The summed E-state index contributed by atoms with van der Waals surface area (Å²) in [7, 11) is 0. The highest BCUT2D eigenvalue weighted by atomic mass is 16.7. The molecule has 3 aromatic carbocycles. The van der Waals surface area contributed by atoms with E-state index in [1.807, 2.05) is 30.3 Å². The number of ketones is 2. The molecule has 2 aliphatic rings. The third kappa shape index (κ3) is 4.41. The third-order valence-electron chi connectivity index (χ3n) is 6.83. The summed E-state index contributed by atoms with van der Waals surface area (Å²) in [5.41, 5.74) is 1.70. The van der Waals surface area contributed by atoms with Crippen molar-refractivity contribution in [1.29, 1.82) is 0 Å². The number of carbonyl (C=O) groups excluding carboxylic acids is 2. The highest BCUT2D eigenvalue weighted by Gasteiger charge is 2.45. The van der Waals surface area contributed by atoms with Crippen molar-refractivity contribution in [1.82, 2.24) is 0 Å². The molecule has 0 bridgehead atoms. The van der Waals surface area contributed by atoms with E-state index < -0.39 is 54.6 Å². The lowest BCUT2D eigenvalue weighted by Crippen LogP contribution is -2.60. The predicted molar refractivity (Wildman–Crippen MR) is 130 cm³/mol. The summed E-state index contributed by atoms with van der Waals surface area (Å²) in [6.07, 6.45) is -6.95. The highest BCUT2D eigenvalue weighted by molar-refractivity contribution is 6.30. The maximum atomic E-state index is 13.5. The van der Waals surface area contributed by atoms with Gasteiger partial charge in [-0.25, -0.2) is 0 Å². The molecule has 192 valence electrons. The third-order valence-corrected chi connectivity index (χ3v) is 6.83. The molecule has 5 atom stereocenters. The lowest BCUT2D eigenvalue weighted by atomic mass is 9.80. The summed E-state index contributed by atoms with van der Waals surface area (Å²) >= 11 is 0. The van der Waals surface area contributed by atoms with Crippen LogP contribution in [0.15, 0.2) is 60.7 Å². The summed E-state index contributed by atoms with van der Waals surface area (Å²) in [5, 5.41) is 51.2. The number of aromatic hydroxyl groups is 1. The Balaban J connectivity index is 1.58. The number of carbonyl (C=O) groups is 2. The summed E-state index contributed by atoms with van der Waals surface area (Å²) < 4.78 is 11.1. The Bertz CT molecular complexity index is 1330. The number of aliphatic hydroxyl groups excluding tert-OH is 4. The van der Waals surface area contributed by atoms with Crippen molar-refractivity contribution < 1.29 is 44.6 Å². The van der Waals surface area contributed by atoms with Gasteiger partial charge in [-0.05, 0) is 30.0 Å². The largest absolute Gasteiger partial charge is 0.504 e. The predicted octanol–water partition coefficient (Wildman–Crippen LogP) is 1.13. The molecular formula is C28H26O9. The van der Waals surface area contributed by atoms with Gasteiger partial charge in [-0.1, -0.05) is 54.6 Å². The van der Waals surface area contributed by atoms with Crippen LogP contribution in [0.2, 0.25) is 0 Å². The van der Waals surface area contributed by atoms with E-state index in [4.69, 9.17) is 9.47 Å². The summed E-state index contributed by atoms with van der Waals surface area (Å²) in [4.78, 5) is 26.9. The van der Waals surface area contributed by atoms with Crippen LogP contribution in [0, 0.1) is 0 Å². The van der Waals surface area contributed by atoms with Crippen LogP contribution >= 0.6 is 0 Å². The number of ether oxygens (including phenoxy) is 2. The van der Waals surface area contributed by atoms with Crippen LogP contribution in [0.25, 0.3) is 0 Å². The molecule has 37 heavy (non-hydrogen) atoms. The lowest BCUT2D eigenvalue weighted by Gasteiger charge is -2.39.